The molecule has 0 saturated carbocycles. The molecule has 2 aromatic rings. The van der Waals surface area contributed by atoms with Gasteiger partial charge in [0.05, 0.1) is 10.6 Å². The molecule has 0 aliphatic carbocycles. The molecule has 2 N–H and O–H groups in total. The Morgan fingerprint density at radius 2 is 1.95 bits per heavy atom. The first-order valence-corrected chi connectivity index (χ1v) is 6.39. The second-order valence-electron chi connectivity index (χ2n) is 4.06. The molecule has 0 heterocycles. The first-order valence-electron chi connectivity index (χ1n) is 5.63. The van der Waals surface area contributed by atoms with E-state index < -0.39 is 11.8 Å². The maximum absolute atomic E-state index is 13.0. The Morgan fingerprint density at radius 3 is 2.60 bits per heavy atom. The Hall–Kier alpha value is -1.78. The molecule has 2 aromatic carbocycles. The predicted octanol–water partition coefficient (Wildman–Crippen LogP) is 4.07. The average molecular weight is 314 g/mol. The minimum atomic E-state index is -0.584. The van der Waals surface area contributed by atoms with Crippen LogP contribution in [0.3, 0.4) is 0 Å². The molecule has 0 atom stereocenters. The Balaban J connectivity index is 2.06. The van der Waals surface area contributed by atoms with Gasteiger partial charge in [0.25, 0.3) is 0 Å². The van der Waals surface area contributed by atoms with Gasteiger partial charge in [0.15, 0.2) is 0 Å². The van der Waals surface area contributed by atoms with Gasteiger partial charge in [-0.1, -0.05) is 29.3 Å². The van der Waals surface area contributed by atoms with E-state index >= 15 is 0 Å². The summed E-state index contributed by atoms with van der Waals surface area (Å²) >= 11 is 11.4. The zero-order valence-electron chi connectivity index (χ0n) is 10.2. The number of benzene rings is 2. The molecule has 0 amide bonds. The topological polar surface area (TPSA) is 52.3 Å². The van der Waals surface area contributed by atoms with E-state index in [4.69, 9.17) is 33.7 Å². The van der Waals surface area contributed by atoms with Gasteiger partial charge in [0.1, 0.15) is 12.4 Å². The van der Waals surface area contributed by atoms with Crippen LogP contribution >= 0.6 is 23.2 Å². The highest BCUT2D eigenvalue weighted by atomic mass is 35.5. The molecule has 0 fully saturated rings. The molecule has 0 aromatic heterocycles. The maximum atomic E-state index is 13.0. The van der Waals surface area contributed by atoms with Crippen LogP contribution < -0.4 is 5.73 Å². The highest BCUT2D eigenvalue weighted by molar-refractivity contribution is 6.31. The third kappa shape index (κ3) is 3.40. The highest BCUT2D eigenvalue weighted by Gasteiger charge is 2.12. The molecule has 0 spiro atoms. The van der Waals surface area contributed by atoms with Crippen molar-refractivity contribution in [2.75, 3.05) is 5.73 Å². The zero-order chi connectivity index (χ0) is 14.7. The number of halogens is 3. The van der Waals surface area contributed by atoms with E-state index in [-0.39, 0.29) is 22.9 Å². The van der Waals surface area contributed by atoms with Gasteiger partial charge in [0.2, 0.25) is 0 Å². The molecule has 20 heavy (non-hydrogen) atoms. The fourth-order valence-corrected chi connectivity index (χ4v) is 1.96. The van der Waals surface area contributed by atoms with Gasteiger partial charge in [-0.2, -0.15) is 0 Å². The van der Waals surface area contributed by atoms with Gasteiger partial charge in [0, 0.05) is 10.7 Å². The van der Waals surface area contributed by atoms with E-state index in [1.807, 2.05) is 0 Å². The lowest BCUT2D eigenvalue weighted by Gasteiger charge is -2.08. The van der Waals surface area contributed by atoms with Crippen LogP contribution in [0.1, 0.15) is 15.9 Å². The molecule has 0 aliphatic heterocycles. The summed E-state index contributed by atoms with van der Waals surface area (Å²) < 4.78 is 18.1. The lowest BCUT2D eigenvalue weighted by Crippen LogP contribution is -2.08. The molecule has 0 bridgehead atoms. The third-order valence-corrected chi connectivity index (χ3v) is 3.11. The summed E-state index contributed by atoms with van der Waals surface area (Å²) in [5.41, 5.74) is 6.72. The van der Waals surface area contributed by atoms with Crippen LogP contribution in [0.4, 0.5) is 10.1 Å². The van der Waals surface area contributed by atoms with Crippen LogP contribution in [0.25, 0.3) is 0 Å². The second-order valence-corrected chi connectivity index (χ2v) is 4.90. The number of nitrogen functional groups attached to an aromatic ring is 1. The van der Waals surface area contributed by atoms with Crippen molar-refractivity contribution in [3.63, 3.8) is 0 Å². The third-order valence-electron chi connectivity index (χ3n) is 2.59. The summed E-state index contributed by atoms with van der Waals surface area (Å²) in [7, 11) is 0. The van der Waals surface area contributed by atoms with Crippen LogP contribution in [-0.4, -0.2) is 5.97 Å². The number of anilines is 1. The van der Waals surface area contributed by atoms with Gasteiger partial charge >= 0.3 is 5.97 Å². The second kappa shape index (κ2) is 6.11. The molecule has 0 aliphatic rings. The van der Waals surface area contributed by atoms with Gasteiger partial charge < -0.3 is 10.5 Å². The minimum absolute atomic E-state index is 0.0236. The highest BCUT2D eigenvalue weighted by Crippen LogP contribution is 2.20. The number of hydrogen-bond donors (Lipinski definition) is 1. The van der Waals surface area contributed by atoms with Crippen LogP contribution in [0, 0.1) is 5.82 Å². The fraction of sp³-hybridized carbons (Fsp3) is 0.0714. The first-order chi connectivity index (χ1) is 9.47. The normalized spacial score (nSPS) is 10.3. The van der Waals surface area contributed by atoms with Gasteiger partial charge in [-0.15, -0.1) is 0 Å². The molecule has 3 nitrogen and oxygen atoms in total. The van der Waals surface area contributed by atoms with E-state index in [0.29, 0.717) is 10.6 Å². The van der Waals surface area contributed by atoms with Crippen LogP contribution in [0.2, 0.25) is 10.0 Å². The quantitative estimate of drug-likeness (QED) is 0.686. The largest absolute Gasteiger partial charge is 0.457 e. The summed E-state index contributed by atoms with van der Waals surface area (Å²) in [4.78, 5) is 11.8. The SMILES string of the molecule is Nc1cc(Cl)ccc1C(=O)OCc1ccc(F)c(Cl)c1. The van der Waals surface area contributed by atoms with Gasteiger partial charge in [-0.3, -0.25) is 0 Å². The van der Waals surface area contributed by atoms with Crippen molar-refractivity contribution in [2.45, 2.75) is 6.61 Å². The van der Waals surface area contributed by atoms with Crippen molar-refractivity contribution in [2.24, 2.45) is 0 Å². The van der Waals surface area contributed by atoms with Crippen LogP contribution in [0.5, 0.6) is 0 Å². The standard InChI is InChI=1S/C14H10Cl2FNO2/c15-9-2-3-10(13(18)6-9)14(19)20-7-8-1-4-12(17)11(16)5-8/h1-6H,7,18H2. The van der Waals surface area contributed by atoms with Gasteiger partial charge in [-0.25, -0.2) is 9.18 Å². The number of esters is 1. The maximum Gasteiger partial charge on any atom is 0.340 e. The van der Waals surface area contributed by atoms with Crippen molar-refractivity contribution >= 4 is 34.9 Å². The smallest absolute Gasteiger partial charge is 0.340 e. The number of carbonyl (C=O) groups excluding carboxylic acids is 1. The van der Waals surface area contributed by atoms with E-state index in [9.17, 15) is 9.18 Å². The Bertz CT molecular complexity index is 662. The molecule has 6 heteroatoms. The minimum Gasteiger partial charge on any atom is -0.457 e. The van der Waals surface area contributed by atoms with Crippen LogP contribution in [-0.2, 0) is 11.3 Å². The lowest BCUT2D eigenvalue weighted by atomic mass is 10.2. The molecular formula is C14H10Cl2FNO2. The van der Waals surface area contributed by atoms with Crippen molar-refractivity contribution in [1.29, 1.82) is 0 Å². The van der Waals surface area contributed by atoms with Gasteiger partial charge in [-0.05, 0) is 35.9 Å². The van der Waals surface area contributed by atoms with E-state index in [0.717, 1.165) is 0 Å². The number of hydrogen-bond acceptors (Lipinski definition) is 3. The molecule has 2 rings (SSSR count). The number of rotatable bonds is 3. The van der Waals surface area contributed by atoms with E-state index in [2.05, 4.69) is 0 Å². The molecular weight excluding hydrogens is 304 g/mol. The monoisotopic (exact) mass is 313 g/mol. The van der Waals surface area contributed by atoms with E-state index in [1.165, 1.54) is 30.3 Å². The van der Waals surface area contributed by atoms with Crippen molar-refractivity contribution in [3.05, 3.63) is 63.4 Å². The summed E-state index contributed by atoms with van der Waals surface area (Å²) in [5, 5.41) is 0.411. The molecule has 0 saturated heterocycles. The van der Waals surface area contributed by atoms with Crippen molar-refractivity contribution < 1.29 is 13.9 Å². The number of carbonyl (C=O) groups is 1. The fourth-order valence-electron chi connectivity index (χ4n) is 1.58. The summed E-state index contributed by atoms with van der Waals surface area (Å²) in [5.74, 6) is -1.11. The summed E-state index contributed by atoms with van der Waals surface area (Å²) in [6, 6.07) is 8.59. The summed E-state index contributed by atoms with van der Waals surface area (Å²) in [6.45, 7) is -0.0269. The average Bonchev–Trinajstić information content (AvgIpc) is 2.40. The molecule has 0 radical (unpaired) electrons. The molecule has 104 valence electrons. The lowest BCUT2D eigenvalue weighted by molar-refractivity contribution is 0.0474. The molecule has 0 unspecified atom stereocenters. The van der Waals surface area contributed by atoms with Crippen molar-refractivity contribution in [1.82, 2.24) is 0 Å². The Kier molecular flexibility index (Phi) is 4.47. The first kappa shape index (κ1) is 14.6. The Labute approximate surface area is 125 Å². The van der Waals surface area contributed by atoms with Crippen LogP contribution in [0.15, 0.2) is 36.4 Å². The predicted molar refractivity (Wildman–Crippen MR) is 76.4 cm³/mol. The number of nitrogens with two attached hydrogens (primary N) is 1. The summed E-state index contributed by atoms with van der Waals surface area (Å²) in [6.07, 6.45) is 0. The van der Waals surface area contributed by atoms with Crippen molar-refractivity contribution in [3.8, 4) is 0 Å². The zero-order valence-corrected chi connectivity index (χ0v) is 11.7. The van der Waals surface area contributed by atoms with E-state index in [1.54, 1.807) is 6.07 Å². The Morgan fingerprint density at radius 1 is 1.20 bits per heavy atom. The number of ether oxygens (including phenoxy) is 1.